The van der Waals surface area contributed by atoms with Crippen molar-refractivity contribution in [3.63, 3.8) is 0 Å². The van der Waals surface area contributed by atoms with E-state index >= 15 is 0 Å². The van der Waals surface area contributed by atoms with Gasteiger partial charge in [0.25, 0.3) is 0 Å². The zero-order valence-electron chi connectivity index (χ0n) is 13.3. The number of Topliss-reactive ketones (excluding diaryl/α,β-unsaturated/α-hetero) is 1. The Morgan fingerprint density at radius 2 is 1.92 bits per heavy atom. The predicted molar refractivity (Wildman–Crippen MR) is 98.0 cm³/mol. The van der Waals surface area contributed by atoms with E-state index in [1.807, 2.05) is 24.3 Å². The van der Waals surface area contributed by atoms with E-state index in [-0.39, 0.29) is 11.5 Å². The van der Waals surface area contributed by atoms with Crippen molar-refractivity contribution in [3.8, 4) is 11.4 Å². The van der Waals surface area contributed by atoms with Gasteiger partial charge in [0.2, 0.25) is 0 Å². The number of halogens is 1. The first-order valence-corrected chi connectivity index (χ1v) is 9.36. The molecular weight excluding hydrogens is 356 g/mol. The van der Waals surface area contributed by atoms with E-state index in [4.69, 9.17) is 11.6 Å². The van der Waals surface area contributed by atoms with Crippen molar-refractivity contribution in [1.82, 2.24) is 19.7 Å². The van der Waals surface area contributed by atoms with Crippen molar-refractivity contribution < 1.29 is 4.79 Å². The van der Waals surface area contributed by atoms with E-state index < -0.39 is 0 Å². The molecule has 0 radical (unpaired) electrons. The molecule has 0 atom stereocenters. The van der Waals surface area contributed by atoms with Crippen LogP contribution in [0.2, 0.25) is 5.02 Å². The van der Waals surface area contributed by atoms with Gasteiger partial charge in [-0.1, -0.05) is 35.5 Å². The number of thioether (sulfide) groups is 1. The number of hydrogen-bond donors (Lipinski definition) is 0. The topological polar surface area (TPSA) is 60.7 Å². The summed E-state index contributed by atoms with van der Waals surface area (Å²) in [6.45, 7) is 0. The van der Waals surface area contributed by atoms with Crippen molar-refractivity contribution >= 4 is 29.1 Å². The predicted octanol–water partition coefficient (Wildman–Crippen LogP) is 4.30. The summed E-state index contributed by atoms with van der Waals surface area (Å²) >= 11 is 7.52. The van der Waals surface area contributed by atoms with Crippen LogP contribution in [0.1, 0.15) is 29.2 Å². The molecule has 7 heteroatoms. The van der Waals surface area contributed by atoms with E-state index in [1.54, 1.807) is 24.5 Å². The van der Waals surface area contributed by atoms with Gasteiger partial charge >= 0.3 is 0 Å². The average molecular weight is 371 g/mol. The second-order valence-electron chi connectivity index (χ2n) is 5.83. The summed E-state index contributed by atoms with van der Waals surface area (Å²) in [7, 11) is 0. The van der Waals surface area contributed by atoms with Gasteiger partial charge in [0.1, 0.15) is 0 Å². The van der Waals surface area contributed by atoms with Gasteiger partial charge in [-0.3, -0.25) is 14.3 Å². The quantitative estimate of drug-likeness (QED) is 0.478. The third-order valence-electron chi connectivity index (χ3n) is 4.02. The van der Waals surface area contributed by atoms with Gasteiger partial charge < -0.3 is 0 Å². The first-order valence-electron chi connectivity index (χ1n) is 8.00. The summed E-state index contributed by atoms with van der Waals surface area (Å²) in [4.78, 5) is 16.5. The molecule has 1 aliphatic rings. The lowest BCUT2D eigenvalue weighted by molar-refractivity contribution is 0.102. The molecule has 0 bridgehead atoms. The van der Waals surface area contributed by atoms with Crippen molar-refractivity contribution in [2.45, 2.75) is 24.0 Å². The van der Waals surface area contributed by atoms with Crippen molar-refractivity contribution in [1.29, 1.82) is 0 Å². The number of carbonyl (C=O) groups excluding carboxylic acids is 1. The van der Waals surface area contributed by atoms with Crippen molar-refractivity contribution in [3.05, 3.63) is 59.4 Å². The Labute approximate surface area is 154 Å². The molecule has 0 aliphatic heterocycles. The van der Waals surface area contributed by atoms with Gasteiger partial charge in [-0.05, 0) is 37.1 Å². The number of aromatic nitrogens is 4. The highest BCUT2D eigenvalue weighted by Crippen LogP contribution is 2.41. The third kappa shape index (κ3) is 3.45. The fourth-order valence-corrected chi connectivity index (χ4v) is 3.76. The Kier molecular flexibility index (Phi) is 4.55. The van der Waals surface area contributed by atoms with Crippen LogP contribution in [0.3, 0.4) is 0 Å². The largest absolute Gasteiger partial charge is 0.299 e. The minimum atomic E-state index is -0.00796. The number of ketones is 1. The van der Waals surface area contributed by atoms with Crippen LogP contribution >= 0.6 is 23.4 Å². The van der Waals surface area contributed by atoms with Gasteiger partial charge in [0, 0.05) is 29.6 Å². The minimum absolute atomic E-state index is 0.00796. The number of carbonyl (C=O) groups is 1. The molecule has 1 saturated carbocycles. The molecule has 1 aromatic carbocycles. The molecule has 2 heterocycles. The van der Waals surface area contributed by atoms with Crippen LogP contribution in [0, 0.1) is 0 Å². The molecule has 0 N–H and O–H groups in total. The molecule has 126 valence electrons. The molecule has 4 rings (SSSR count). The summed E-state index contributed by atoms with van der Waals surface area (Å²) < 4.78 is 2.14. The number of nitrogens with zero attached hydrogens (tertiary/aromatic N) is 4. The van der Waals surface area contributed by atoms with Crippen LogP contribution in [0.5, 0.6) is 0 Å². The molecule has 3 aromatic rings. The second-order valence-corrected chi connectivity index (χ2v) is 7.18. The molecule has 0 unspecified atom stereocenters. The van der Waals surface area contributed by atoms with Crippen LogP contribution in [-0.2, 0) is 0 Å². The smallest absolute Gasteiger partial charge is 0.192 e. The Balaban J connectivity index is 1.56. The number of benzene rings is 1. The number of hydrogen-bond acceptors (Lipinski definition) is 5. The second kappa shape index (κ2) is 6.98. The van der Waals surface area contributed by atoms with Crippen LogP contribution in [0.15, 0.2) is 53.9 Å². The summed E-state index contributed by atoms with van der Waals surface area (Å²) in [5, 5.41) is 9.91. The maximum absolute atomic E-state index is 12.4. The maximum Gasteiger partial charge on any atom is 0.192 e. The number of rotatable bonds is 6. The molecule has 0 saturated heterocycles. The van der Waals surface area contributed by atoms with Crippen molar-refractivity contribution in [2.75, 3.05) is 5.75 Å². The Morgan fingerprint density at radius 3 is 2.64 bits per heavy atom. The lowest BCUT2D eigenvalue weighted by atomic mass is 10.1. The number of pyridine rings is 1. The van der Waals surface area contributed by atoms with Crippen LogP contribution in [0.25, 0.3) is 11.4 Å². The fourth-order valence-electron chi connectivity index (χ4n) is 2.63. The van der Waals surface area contributed by atoms with E-state index in [1.165, 1.54) is 11.8 Å². The normalized spacial score (nSPS) is 13.8. The summed E-state index contributed by atoms with van der Waals surface area (Å²) in [5.41, 5.74) is 1.53. The maximum atomic E-state index is 12.4. The molecule has 2 aromatic heterocycles. The van der Waals surface area contributed by atoms with Crippen molar-refractivity contribution in [2.24, 2.45) is 0 Å². The van der Waals surface area contributed by atoms with E-state index in [9.17, 15) is 4.79 Å². The zero-order chi connectivity index (χ0) is 17.2. The first-order chi connectivity index (χ1) is 12.2. The Morgan fingerprint density at radius 1 is 1.16 bits per heavy atom. The fraction of sp³-hybridized carbons (Fsp3) is 0.222. The molecule has 1 aliphatic carbocycles. The van der Waals surface area contributed by atoms with Gasteiger partial charge in [-0.25, -0.2) is 0 Å². The van der Waals surface area contributed by atoms with Gasteiger partial charge in [0.05, 0.1) is 10.8 Å². The van der Waals surface area contributed by atoms with Gasteiger partial charge in [0.15, 0.2) is 16.8 Å². The highest BCUT2D eigenvalue weighted by Gasteiger charge is 2.30. The van der Waals surface area contributed by atoms with Gasteiger partial charge in [-0.15, -0.1) is 10.2 Å². The summed E-state index contributed by atoms with van der Waals surface area (Å²) in [5.74, 6) is 1.11. The lowest BCUT2D eigenvalue weighted by Gasteiger charge is -2.08. The third-order valence-corrected chi connectivity index (χ3v) is 5.29. The molecule has 25 heavy (non-hydrogen) atoms. The molecular formula is C18H15ClN4OS. The average Bonchev–Trinajstić information content (AvgIpc) is 3.40. The van der Waals surface area contributed by atoms with E-state index in [2.05, 4.69) is 19.7 Å². The van der Waals surface area contributed by atoms with Crippen LogP contribution in [-0.4, -0.2) is 31.3 Å². The Hall–Kier alpha value is -2.18. The molecule has 0 amide bonds. The molecule has 0 spiro atoms. The lowest BCUT2D eigenvalue weighted by Crippen LogP contribution is -2.05. The van der Waals surface area contributed by atoms with E-state index in [0.717, 1.165) is 29.4 Å². The standard InChI is InChI=1S/C18H15ClN4OS/c19-15-4-2-1-3-14(15)16(24)11-25-18-22-21-17(23(18)13-5-6-13)12-7-9-20-10-8-12/h1-4,7-10,13H,5-6,11H2. The minimum Gasteiger partial charge on any atom is -0.299 e. The molecule has 5 nitrogen and oxygen atoms in total. The zero-order valence-corrected chi connectivity index (χ0v) is 14.9. The van der Waals surface area contributed by atoms with E-state index in [0.29, 0.717) is 16.6 Å². The highest BCUT2D eigenvalue weighted by molar-refractivity contribution is 7.99. The summed E-state index contributed by atoms with van der Waals surface area (Å²) in [6.07, 6.45) is 5.72. The SMILES string of the molecule is O=C(CSc1nnc(-c2ccncc2)n1C1CC1)c1ccccc1Cl. The Bertz CT molecular complexity index is 908. The highest BCUT2D eigenvalue weighted by atomic mass is 35.5. The first kappa shape index (κ1) is 16.3. The monoisotopic (exact) mass is 370 g/mol. The van der Waals surface area contributed by atoms with Gasteiger partial charge in [-0.2, -0.15) is 0 Å². The summed E-state index contributed by atoms with van der Waals surface area (Å²) in [6, 6.07) is 11.4. The van der Waals surface area contributed by atoms with Crippen LogP contribution < -0.4 is 0 Å². The van der Waals surface area contributed by atoms with Crippen LogP contribution in [0.4, 0.5) is 0 Å². The molecule has 1 fully saturated rings.